The zero-order chi connectivity index (χ0) is 13.4. The van der Waals surface area contributed by atoms with Gasteiger partial charge in [-0.15, -0.1) is 0 Å². The minimum Gasteiger partial charge on any atom is -0.619 e. The van der Waals surface area contributed by atoms with Gasteiger partial charge in [-0.25, -0.2) is 0 Å². The fraction of sp³-hybridized carbons (Fsp3) is 0.571. The molecular formula is C14H22N2O2. The van der Waals surface area contributed by atoms with E-state index in [4.69, 9.17) is 0 Å². The van der Waals surface area contributed by atoms with E-state index in [1.165, 1.54) is 43.8 Å². The molecule has 1 N–H and O–H groups in total. The summed E-state index contributed by atoms with van der Waals surface area (Å²) < 4.78 is 0.672. The van der Waals surface area contributed by atoms with Crippen LogP contribution in [-0.2, 0) is 0 Å². The van der Waals surface area contributed by atoms with E-state index in [1.807, 2.05) is 6.92 Å². The Balaban J connectivity index is 2.33. The van der Waals surface area contributed by atoms with Gasteiger partial charge in [-0.2, -0.15) is 4.73 Å². The SMILES string of the molecule is CCCCCCC(C)NC(=O)c1cc[n+]([O-])cc1. The predicted molar refractivity (Wildman–Crippen MR) is 71.1 cm³/mol. The first-order chi connectivity index (χ1) is 8.63. The van der Waals surface area contributed by atoms with Crippen molar-refractivity contribution < 1.29 is 9.52 Å². The van der Waals surface area contributed by atoms with Gasteiger partial charge in [0.1, 0.15) is 0 Å². The van der Waals surface area contributed by atoms with Crippen LogP contribution in [0.25, 0.3) is 0 Å². The molecule has 0 fully saturated rings. The molecular weight excluding hydrogens is 228 g/mol. The average Bonchev–Trinajstić information content (AvgIpc) is 2.35. The van der Waals surface area contributed by atoms with Gasteiger partial charge < -0.3 is 10.5 Å². The van der Waals surface area contributed by atoms with E-state index < -0.39 is 0 Å². The third-order valence-electron chi connectivity index (χ3n) is 2.93. The van der Waals surface area contributed by atoms with Gasteiger partial charge in [0.05, 0.1) is 5.56 Å². The number of amides is 1. The number of hydrogen-bond donors (Lipinski definition) is 1. The molecule has 18 heavy (non-hydrogen) atoms. The Labute approximate surface area is 109 Å². The molecule has 4 nitrogen and oxygen atoms in total. The maximum atomic E-state index is 11.8. The van der Waals surface area contributed by atoms with Crippen LogP contribution < -0.4 is 10.0 Å². The zero-order valence-electron chi connectivity index (χ0n) is 11.2. The Hall–Kier alpha value is -1.58. The van der Waals surface area contributed by atoms with Crippen molar-refractivity contribution in [1.82, 2.24) is 5.32 Å². The summed E-state index contributed by atoms with van der Waals surface area (Å²) in [6.45, 7) is 4.20. The maximum Gasteiger partial charge on any atom is 0.251 e. The van der Waals surface area contributed by atoms with Crippen molar-refractivity contribution in [2.45, 2.75) is 52.0 Å². The zero-order valence-corrected chi connectivity index (χ0v) is 11.2. The van der Waals surface area contributed by atoms with Crippen molar-refractivity contribution in [3.8, 4) is 0 Å². The van der Waals surface area contributed by atoms with Crippen LogP contribution in [0.5, 0.6) is 0 Å². The highest BCUT2D eigenvalue weighted by Crippen LogP contribution is 2.06. The summed E-state index contributed by atoms with van der Waals surface area (Å²) in [5.74, 6) is -0.112. The molecule has 0 spiro atoms. The van der Waals surface area contributed by atoms with Crippen LogP contribution in [0.3, 0.4) is 0 Å². The summed E-state index contributed by atoms with van der Waals surface area (Å²) in [5.41, 5.74) is 0.530. The highest BCUT2D eigenvalue weighted by molar-refractivity contribution is 5.94. The van der Waals surface area contributed by atoms with Gasteiger partial charge in [-0.05, 0) is 13.3 Å². The Morgan fingerprint density at radius 3 is 2.61 bits per heavy atom. The second-order valence-electron chi connectivity index (χ2n) is 4.67. The number of pyridine rings is 1. The summed E-state index contributed by atoms with van der Waals surface area (Å²) in [5, 5.41) is 13.8. The number of carbonyl (C=O) groups is 1. The molecule has 0 bridgehead atoms. The molecule has 0 saturated heterocycles. The Morgan fingerprint density at radius 2 is 2.00 bits per heavy atom. The highest BCUT2D eigenvalue weighted by Gasteiger charge is 2.10. The molecule has 0 radical (unpaired) electrons. The van der Waals surface area contributed by atoms with Crippen molar-refractivity contribution >= 4 is 5.91 Å². The molecule has 1 atom stereocenters. The van der Waals surface area contributed by atoms with E-state index in [2.05, 4.69) is 12.2 Å². The van der Waals surface area contributed by atoms with E-state index in [0.717, 1.165) is 12.8 Å². The second kappa shape index (κ2) is 7.69. The van der Waals surface area contributed by atoms with Crippen LogP contribution in [0.4, 0.5) is 0 Å². The normalized spacial score (nSPS) is 12.1. The minimum absolute atomic E-state index is 0.112. The molecule has 1 unspecified atom stereocenters. The number of unbranched alkanes of at least 4 members (excludes halogenated alkanes) is 3. The molecule has 0 aliphatic heterocycles. The molecule has 4 heteroatoms. The lowest BCUT2D eigenvalue weighted by molar-refractivity contribution is -0.605. The smallest absolute Gasteiger partial charge is 0.251 e. The van der Waals surface area contributed by atoms with Gasteiger partial charge in [0, 0.05) is 18.2 Å². The van der Waals surface area contributed by atoms with E-state index in [9.17, 15) is 10.0 Å². The number of hydrogen-bond acceptors (Lipinski definition) is 2. The third kappa shape index (κ3) is 5.17. The average molecular weight is 250 g/mol. The van der Waals surface area contributed by atoms with Crippen molar-refractivity contribution in [2.24, 2.45) is 0 Å². The molecule has 0 aliphatic carbocycles. The number of aromatic nitrogens is 1. The van der Waals surface area contributed by atoms with Crippen molar-refractivity contribution in [2.75, 3.05) is 0 Å². The number of carbonyl (C=O) groups excluding carboxylic acids is 1. The van der Waals surface area contributed by atoms with Crippen LogP contribution in [0.1, 0.15) is 56.3 Å². The summed E-state index contributed by atoms with van der Waals surface area (Å²) >= 11 is 0. The Morgan fingerprint density at radius 1 is 1.33 bits per heavy atom. The number of nitrogens with one attached hydrogen (secondary N) is 1. The summed E-state index contributed by atoms with van der Waals surface area (Å²) in [6.07, 6.45) is 8.51. The van der Waals surface area contributed by atoms with Crippen LogP contribution in [0, 0.1) is 5.21 Å². The van der Waals surface area contributed by atoms with Crippen molar-refractivity contribution in [3.63, 3.8) is 0 Å². The molecule has 1 aromatic heterocycles. The highest BCUT2D eigenvalue weighted by atomic mass is 16.5. The predicted octanol–water partition coefficient (Wildman–Crippen LogP) is 2.41. The first-order valence-electron chi connectivity index (χ1n) is 6.63. The maximum absolute atomic E-state index is 11.8. The van der Waals surface area contributed by atoms with E-state index in [1.54, 1.807) is 0 Å². The lowest BCUT2D eigenvalue weighted by Gasteiger charge is -2.13. The van der Waals surface area contributed by atoms with Gasteiger partial charge in [0.2, 0.25) is 0 Å². The van der Waals surface area contributed by atoms with Crippen LogP contribution >= 0.6 is 0 Å². The monoisotopic (exact) mass is 250 g/mol. The lowest BCUT2D eigenvalue weighted by atomic mass is 10.1. The first kappa shape index (κ1) is 14.5. The van der Waals surface area contributed by atoms with Gasteiger partial charge in [0.25, 0.3) is 5.91 Å². The van der Waals surface area contributed by atoms with E-state index in [0.29, 0.717) is 10.3 Å². The topological polar surface area (TPSA) is 56.0 Å². The van der Waals surface area contributed by atoms with Crippen LogP contribution in [0.15, 0.2) is 24.5 Å². The van der Waals surface area contributed by atoms with E-state index in [-0.39, 0.29) is 11.9 Å². The fourth-order valence-electron chi connectivity index (χ4n) is 1.82. The Bertz CT molecular complexity index is 363. The number of nitrogens with zero attached hydrogens (tertiary/aromatic N) is 1. The molecule has 0 saturated carbocycles. The standard InChI is InChI=1S/C14H22N2O2/c1-3-4-5-6-7-12(2)15-14(17)13-8-10-16(18)11-9-13/h8-12H,3-7H2,1-2H3,(H,15,17). The van der Waals surface area contributed by atoms with Gasteiger partial charge in [-0.1, -0.05) is 32.6 Å². The third-order valence-corrected chi connectivity index (χ3v) is 2.93. The first-order valence-corrected chi connectivity index (χ1v) is 6.63. The summed E-state index contributed by atoms with van der Waals surface area (Å²) in [4.78, 5) is 11.8. The molecule has 1 rings (SSSR count). The second-order valence-corrected chi connectivity index (χ2v) is 4.67. The largest absolute Gasteiger partial charge is 0.619 e. The molecule has 0 aromatic carbocycles. The van der Waals surface area contributed by atoms with Crippen molar-refractivity contribution in [3.05, 3.63) is 35.3 Å². The van der Waals surface area contributed by atoms with E-state index >= 15 is 0 Å². The van der Waals surface area contributed by atoms with Gasteiger partial charge >= 0.3 is 0 Å². The molecule has 1 heterocycles. The lowest BCUT2D eigenvalue weighted by Crippen LogP contribution is -2.33. The molecule has 100 valence electrons. The fourth-order valence-corrected chi connectivity index (χ4v) is 1.82. The van der Waals surface area contributed by atoms with Gasteiger partial charge in [0.15, 0.2) is 12.4 Å². The minimum atomic E-state index is -0.112. The summed E-state index contributed by atoms with van der Waals surface area (Å²) in [7, 11) is 0. The number of rotatable bonds is 7. The quantitative estimate of drug-likeness (QED) is 0.459. The molecule has 0 aliphatic rings. The van der Waals surface area contributed by atoms with Crippen LogP contribution in [-0.4, -0.2) is 11.9 Å². The molecule has 1 aromatic rings. The Kier molecular flexibility index (Phi) is 6.19. The summed E-state index contributed by atoms with van der Waals surface area (Å²) in [6, 6.07) is 3.24. The van der Waals surface area contributed by atoms with Gasteiger partial charge in [-0.3, -0.25) is 4.79 Å². The van der Waals surface area contributed by atoms with Crippen LogP contribution in [0.2, 0.25) is 0 Å². The molecule has 1 amide bonds. The van der Waals surface area contributed by atoms with Crippen molar-refractivity contribution in [1.29, 1.82) is 0 Å².